The maximum absolute atomic E-state index is 11.8. The van der Waals surface area contributed by atoms with Gasteiger partial charge in [-0.3, -0.25) is 14.9 Å². The Bertz CT molecular complexity index is 548. The predicted octanol–water partition coefficient (Wildman–Crippen LogP) is 1.39. The smallest absolute Gasteiger partial charge is 0.294 e. The van der Waals surface area contributed by atoms with Gasteiger partial charge in [0.2, 0.25) is 5.91 Å². The summed E-state index contributed by atoms with van der Waals surface area (Å²) >= 11 is 0. The second-order valence-electron chi connectivity index (χ2n) is 4.36. The van der Waals surface area contributed by atoms with Crippen LogP contribution >= 0.6 is 0 Å². The van der Waals surface area contributed by atoms with E-state index in [1.54, 1.807) is 19.9 Å². The first-order valence-corrected chi connectivity index (χ1v) is 5.61. The lowest BCUT2D eigenvalue weighted by Gasteiger charge is -2.15. The van der Waals surface area contributed by atoms with Crippen LogP contribution in [-0.2, 0) is 4.79 Å². The van der Waals surface area contributed by atoms with Gasteiger partial charge in [-0.25, -0.2) is 0 Å². The van der Waals surface area contributed by atoms with Crippen molar-refractivity contribution in [3.63, 3.8) is 0 Å². The third-order valence-corrected chi connectivity index (χ3v) is 2.60. The quantitative estimate of drug-likeness (QED) is 0.627. The number of carbonyl (C=O) groups excluding carboxylic acids is 1. The monoisotopic (exact) mass is 262 g/mol. The van der Waals surface area contributed by atoms with E-state index in [-0.39, 0.29) is 22.9 Å². The Kier molecular flexibility index (Phi) is 4.56. The number of hydrogen-bond donors (Lipinski definition) is 2. The Hall–Kier alpha value is -2.46. The molecule has 0 bridgehead atoms. The lowest BCUT2D eigenvalue weighted by Crippen LogP contribution is -2.39. The topological polar surface area (TPSA) is 122 Å². The molecule has 7 heteroatoms. The average molecular weight is 262 g/mol. The number of nitrogens with one attached hydrogen (secondary N) is 1. The number of nitrogens with two attached hydrogens (primary N) is 1. The molecule has 1 amide bonds. The summed E-state index contributed by atoms with van der Waals surface area (Å²) in [5, 5.41) is 22.0. The molecule has 0 aliphatic carbocycles. The van der Waals surface area contributed by atoms with E-state index in [1.807, 2.05) is 0 Å². The van der Waals surface area contributed by atoms with Gasteiger partial charge in [-0.2, -0.15) is 5.26 Å². The van der Waals surface area contributed by atoms with Crippen LogP contribution < -0.4 is 11.1 Å². The minimum absolute atomic E-state index is 0.0325. The van der Waals surface area contributed by atoms with Gasteiger partial charge in [0.15, 0.2) is 0 Å². The Morgan fingerprint density at radius 2 is 2.16 bits per heavy atom. The number of nitriles is 1. The molecule has 0 saturated carbocycles. The maximum Gasteiger partial charge on any atom is 0.294 e. The first kappa shape index (κ1) is 14.6. The van der Waals surface area contributed by atoms with E-state index < -0.39 is 16.9 Å². The molecular weight excluding hydrogens is 248 g/mol. The van der Waals surface area contributed by atoms with Crippen molar-refractivity contribution in [2.24, 2.45) is 11.7 Å². The fraction of sp³-hybridized carbons (Fsp3) is 0.333. The van der Waals surface area contributed by atoms with Crippen LogP contribution in [0.1, 0.15) is 19.4 Å². The molecule has 0 aliphatic rings. The summed E-state index contributed by atoms with van der Waals surface area (Å²) in [6, 6.07) is 4.87. The Morgan fingerprint density at radius 1 is 1.53 bits per heavy atom. The van der Waals surface area contributed by atoms with E-state index in [9.17, 15) is 14.9 Å². The molecule has 3 N–H and O–H groups in total. The van der Waals surface area contributed by atoms with E-state index in [0.29, 0.717) is 0 Å². The van der Waals surface area contributed by atoms with Crippen LogP contribution in [0.3, 0.4) is 0 Å². The molecule has 0 heterocycles. The molecule has 0 saturated heterocycles. The Morgan fingerprint density at radius 3 is 2.63 bits per heavy atom. The van der Waals surface area contributed by atoms with Gasteiger partial charge in [-0.15, -0.1) is 0 Å². The highest BCUT2D eigenvalue weighted by Gasteiger charge is 2.21. The van der Waals surface area contributed by atoms with Crippen molar-refractivity contribution in [3.8, 4) is 6.07 Å². The van der Waals surface area contributed by atoms with Gasteiger partial charge >= 0.3 is 0 Å². The zero-order valence-electron chi connectivity index (χ0n) is 10.6. The van der Waals surface area contributed by atoms with E-state index in [4.69, 9.17) is 11.0 Å². The summed E-state index contributed by atoms with van der Waals surface area (Å²) in [5.41, 5.74) is 5.51. The highest BCUT2D eigenvalue weighted by Crippen LogP contribution is 2.25. The van der Waals surface area contributed by atoms with Crippen molar-refractivity contribution in [3.05, 3.63) is 33.9 Å². The van der Waals surface area contributed by atoms with Crippen molar-refractivity contribution >= 4 is 17.3 Å². The molecule has 1 aromatic rings. The van der Waals surface area contributed by atoms with Gasteiger partial charge in [-0.05, 0) is 18.1 Å². The van der Waals surface area contributed by atoms with Crippen LogP contribution in [0.15, 0.2) is 18.2 Å². The second-order valence-corrected chi connectivity index (χ2v) is 4.36. The molecule has 0 unspecified atom stereocenters. The van der Waals surface area contributed by atoms with Gasteiger partial charge in [0, 0.05) is 6.07 Å². The number of benzene rings is 1. The molecule has 19 heavy (non-hydrogen) atoms. The van der Waals surface area contributed by atoms with E-state index in [1.165, 1.54) is 12.1 Å². The molecule has 0 radical (unpaired) electrons. The number of hydrogen-bond acceptors (Lipinski definition) is 5. The highest BCUT2D eigenvalue weighted by molar-refractivity contribution is 5.96. The van der Waals surface area contributed by atoms with Crippen molar-refractivity contribution in [1.82, 2.24) is 0 Å². The first-order chi connectivity index (χ1) is 8.86. The van der Waals surface area contributed by atoms with Gasteiger partial charge in [0.1, 0.15) is 5.69 Å². The summed E-state index contributed by atoms with van der Waals surface area (Å²) < 4.78 is 0. The molecule has 1 aromatic carbocycles. The number of nitro benzene ring substituents is 1. The molecule has 0 spiro atoms. The van der Waals surface area contributed by atoms with Gasteiger partial charge in [0.05, 0.1) is 22.6 Å². The third kappa shape index (κ3) is 3.50. The lowest BCUT2D eigenvalue weighted by atomic mass is 10.0. The van der Waals surface area contributed by atoms with Crippen LogP contribution in [-0.4, -0.2) is 16.9 Å². The van der Waals surface area contributed by atoms with Gasteiger partial charge in [0.25, 0.3) is 5.69 Å². The summed E-state index contributed by atoms with van der Waals surface area (Å²) in [4.78, 5) is 22.0. The third-order valence-electron chi connectivity index (χ3n) is 2.60. The van der Waals surface area contributed by atoms with Crippen LogP contribution in [0.25, 0.3) is 0 Å². The molecule has 7 nitrogen and oxygen atoms in total. The van der Waals surface area contributed by atoms with Crippen molar-refractivity contribution < 1.29 is 9.72 Å². The normalized spacial score (nSPS) is 11.7. The number of rotatable bonds is 4. The number of amides is 1. The van der Waals surface area contributed by atoms with Crippen LogP contribution in [0.2, 0.25) is 0 Å². The summed E-state index contributed by atoms with van der Waals surface area (Å²) in [7, 11) is 0. The maximum atomic E-state index is 11.8. The minimum atomic E-state index is -0.754. The number of carbonyl (C=O) groups is 1. The lowest BCUT2D eigenvalue weighted by molar-refractivity contribution is -0.383. The van der Waals surface area contributed by atoms with Crippen LogP contribution in [0.4, 0.5) is 11.4 Å². The molecule has 0 aliphatic heterocycles. The number of nitrogens with zero attached hydrogens (tertiary/aromatic N) is 2. The van der Waals surface area contributed by atoms with Gasteiger partial charge in [-0.1, -0.05) is 13.8 Å². The molecule has 1 rings (SSSR count). The standard InChI is InChI=1S/C12H14N4O3/c1-7(2)11(14)12(17)15-9-4-3-8(6-13)5-10(9)16(18)19/h3-5,7,11H,14H2,1-2H3,(H,15,17)/t11-/m1/s1. The van der Waals surface area contributed by atoms with Crippen molar-refractivity contribution in [1.29, 1.82) is 5.26 Å². The average Bonchev–Trinajstić information content (AvgIpc) is 2.37. The molecule has 0 aromatic heterocycles. The van der Waals surface area contributed by atoms with Crippen molar-refractivity contribution in [2.45, 2.75) is 19.9 Å². The minimum Gasteiger partial charge on any atom is -0.320 e. The van der Waals surface area contributed by atoms with E-state index in [2.05, 4.69) is 5.32 Å². The zero-order valence-corrected chi connectivity index (χ0v) is 10.6. The largest absolute Gasteiger partial charge is 0.320 e. The SMILES string of the molecule is CC(C)[C@@H](N)C(=O)Nc1ccc(C#N)cc1[N+](=O)[O-]. The summed E-state index contributed by atoms with van der Waals surface area (Å²) in [6.07, 6.45) is 0. The Balaban J connectivity index is 3.05. The van der Waals surface area contributed by atoms with Crippen molar-refractivity contribution in [2.75, 3.05) is 5.32 Å². The Labute approximate surface area is 110 Å². The van der Waals surface area contributed by atoms with Gasteiger partial charge < -0.3 is 11.1 Å². The zero-order chi connectivity index (χ0) is 14.6. The predicted molar refractivity (Wildman–Crippen MR) is 69.3 cm³/mol. The summed E-state index contributed by atoms with van der Waals surface area (Å²) in [6.45, 7) is 3.55. The fourth-order valence-electron chi connectivity index (χ4n) is 1.38. The van der Waals surface area contributed by atoms with Crippen LogP contribution in [0.5, 0.6) is 0 Å². The van der Waals surface area contributed by atoms with E-state index in [0.717, 1.165) is 6.07 Å². The fourth-order valence-corrected chi connectivity index (χ4v) is 1.38. The molecule has 1 atom stereocenters. The highest BCUT2D eigenvalue weighted by atomic mass is 16.6. The summed E-state index contributed by atoms with van der Waals surface area (Å²) in [5.74, 6) is -0.583. The second kappa shape index (κ2) is 5.93. The number of nitro groups is 1. The van der Waals surface area contributed by atoms with E-state index >= 15 is 0 Å². The molecule has 0 fully saturated rings. The number of anilines is 1. The molecular formula is C12H14N4O3. The molecule has 100 valence electrons. The first-order valence-electron chi connectivity index (χ1n) is 5.61. The van der Waals surface area contributed by atoms with Crippen LogP contribution in [0, 0.1) is 27.4 Å².